The summed E-state index contributed by atoms with van der Waals surface area (Å²) in [6.07, 6.45) is 5.89. The molecule has 184 valence electrons. The Bertz CT molecular complexity index is 1320. The zero-order valence-corrected chi connectivity index (χ0v) is 21.2. The number of pyridine rings is 1. The largest absolute Gasteiger partial charge is 0.474 e. The Kier molecular flexibility index (Phi) is 6.65. The number of benzene rings is 1. The monoisotopic (exact) mass is 514 g/mol. The van der Waals surface area contributed by atoms with E-state index >= 15 is 0 Å². The maximum absolute atomic E-state index is 13.3. The minimum Gasteiger partial charge on any atom is -0.474 e. The van der Waals surface area contributed by atoms with Gasteiger partial charge in [-0.15, -0.1) is 0 Å². The number of piperidine rings is 1. The van der Waals surface area contributed by atoms with Crippen LogP contribution in [-0.4, -0.2) is 45.9 Å². The van der Waals surface area contributed by atoms with Gasteiger partial charge in [-0.25, -0.2) is 18.4 Å². The Labute approximate surface area is 210 Å². The van der Waals surface area contributed by atoms with Crippen LogP contribution in [0, 0.1) is 13.8 Å². The molecule has 0 N–H and O–H groups in total. The quantitative estimate of drug-likeness (QED) is 0.445. The highest BCUT2D eigenvalue weighted by atomic mass is 35.5. The first-order valence-electron chi connectivity index (χ1n) is 11.6. The van der Waals surface area contributed by atoms with Gasteiger partial charge in [-0.1, -0.05) is 23.7 Å². The van der Waals surface area contributed by atoms with Crippen LogP contribution >= 0.6 is 11.6 Å². The van der Waals surface area contributed by atoms with Crippen LogP contribution in [0.2, 0.25) is 5.02 Å². The lowest BCUT2D eigenvalue weighted by Crippen LogP contribution is -2.49. The average molecular weight is 515 g/mol. The van der Waals surface area contributed by atoms with Crippen LogP contribution in [0.1, 0.15) is 42.5 Å². The number of nitrogens with zero attached hydrogens (tertiary/aromatic N) is 4. The summed E-state index contributed by atoms with van der Waals surface area (Å²) in [6.45, 7) is 3.73. The fourth-order valence-corrected chi connectivity index (χ4v) is 7.28. The van der Waals surface area contributed by atoms with Gasteiger partial charge in [-0.05, 0) is 56.5 Å². The topological polar surface area (TPSA) is 94.5 Å². The summed E-state index contributed by atoms with van der Waals surface area (Å²) < 4.78 is 40.5. The van der Waals surface area contributed by atoms with Crippen LogP contribution in [0.3, 0.4) is 0 Å². The van der Waals surface area contributed by atoms with E-state index in [0.29, 0.717) is 46.5 Å². The summed E-state index contributed by atoms with van der Waals surface area (Å²) in [5.74, 6) is 1.44. The molecule has 0 radical (unpaired) electrons. The molecule has 2 aromatic heterocycles. The molecule has 0 unspecified atom stereocenters. The highest BCUT2D eigenvalue weighted by molar-refractivity contribution is 7.88. The van der Waals surface area contributed by atoms with Gasteiger partial charge in [-0.2, -0.15) is 4.31 Å². The lowest BCUT2D eigenvalue weighted by Gasteiger charge is -2.37. The van der Waals surface area contributed by atoms with Crippen LogP contribution in [0.5, 0.6) is 17.5 Å². The normalized spacial score (nSPS) is 22.2. The molecule has 2 bridgehead atoms. The average Bonchev–Trinajstić information content (AvgIpc) is 3.10. The van der Waals surface area contributed by atoms with Crippen LogP contribution in [0.15, 0.2) is 48.9 Å². The van der Waals surface area contributed by atoms with Gasteiger partial charge in [0, 0.05) is 36.1 Å². The van der Waals surface area contributed by atoms with Crippen LogP contribution in [0.4, 0.5) is 0 Å². The third-order valence-electron chi connectivity index (χ3n) is 6.62. The van der Waals surface area contributed by atoms with E-state index in [1.54, 1.807) is 40.8 Å². The fourth-order valence-electron chi connectivity index (χ4n) is 5.03. The molecular formula is C25H27ClN4O4S. The van der Waals surface area contributed by atoms with Gasteiger partial charge < -0.3 is 9.47 Å². The molecular weight excluding hydrogens is 488 g/mol. The fraction of sp³-hybridized carbons (Fsp3) is 0.400. The Morgan fingerprint density at radius 3 is 2.49 bits per heavy atom. The van der Waals surface area contributed by atoms with Crippen molar-refractivity contribution in [2.24, 2.45) is 0 Å². The molecule has 2 aliphatic heterocycles. The second-order valence-corrected chi connectivity index (χ2v) is 11.4. The standard InChI is InChI=1S/C25H27ClN4O4S/c1-16-24(28-15-29-25(16)34-23-7-4-10-27-17(23)2)33-22-12-20-8-9-21(13-22)30(20)35(31,32)14-18-5-3-6-19(26)11-18/h3-7,10-11,15,20-22H,8-9,12-14H2,1-2H3/t20-,21-/m0/s1. The van der Waals surface area contributed by atoms with Gasteiger partial charge in [0.25, 0.3) is 0 Å². The third-order valence-corrected chi connectivity index (χ3v) is 8.79. The van der Waals surface area contributed by atoms with Crippen LogP contribution in [0.25, 0.3) is 0 Å². The van der Waals surface area contributed by atoms with Gasteiger partial charge in [0.1, 0.15) is 12.4 Å². The van der Waals surface area contributed by atoms with Crippen molar-refractivity contribution in [1.29, 1.82) is 0 Å². The SMILES string of the molecule is Cc1ncccc1Oc1ncnc(OC2C[C@@H]3CC[C@@H](C2)N3S(=O)(=O)Cc2cccc(Cl)c2)c1C. The van der Waals surface area contributed by atoms with Crippen molar-refractivity contribution in [2.45, 2.75) is 63.5 Å². The lowest BCUT2D eigenvalue weighted by molar-refractivity contribution is 0.0907. The van der Waals surface area contributed by atoms with E-state index in [0.717, 1.165) is 18.5 Å². The number of hydrogen-bond donors (Lipinski definition) is 0. The summed E-state index contributed by atoms with van der Waals surface area (Å²) in [7, 11) is -3.47. The molecule has 0 spiro atoms. The summed E-state index contributed by atoms with van der Waals surface area (Å²) in [5.41, 5.74) is 2.15. The van der Waals surface area contributed by atoms with E-state index in [1.165, 1.54) is 6.33 Å². The number of aromatic nitrogens is 3. The first-order chi connectivity index (χ1) is 16.8. The van der Waals surface area contributed by atoms with Crippen molar-refractivity contribution in [3.05, 3.63) is 70.8 Å². The van der Waals surface area contributed by atoms with Crippen molar-refractivity contribution in [3.8, 4) is 17.5 Å². The molecule has 35 heavy (non-hydrogen) atoms. The highest BCUT2D eigenvalue weighted by Gasteiger charge is 2.47. The van der Waals surface area contributed by atoms with Gasteiger partial charge in [0.2, 0.25) is 21.8 Å². The van der Waals surface area contributed by atoms with Crippen molar-refractivity contribution >= 4 is 21.6 Å². The van der Waals surface area contributed by atoms with Gasteiger partial charge >= 0.3 is 0 Å². The number of aryl methyl sites for hydroxylation is 1. The Balaban J connectivity index is 1.28. The molecule has 2 fully saturated rings. The van der Waals surface area contributed by atoms with Gasteiger partial charge in [0.15, 0.2) is 5.75 Å². The Morgan fingerprint density at radius 2 is 1.77 bits per heavy atom. The number of hydrogen-bond acceptors (Lipinski definition) is 7. The van der Waals surface area contributed by atoms with Gasteiger partial charge in [0.05, 0.1) is 17.0 Å². The van der Waals surface area contributed by atoms with Crippen molar-refractivity contribution < 1.29 is 17.9 Å². The number of rotatable bonds is 7. The zero-order chi connectivity index (χ0) is 24.6. The van der Waals surface area contributed by atoms with Gasteiger partial charge in [-0.3, -0.25) is 4.98 Å². The zero-order valence-electron chi connectivity index (χ0n) is 19.6. The Hall–Kier alpha value is -2.75. The minimum absolute atomic E-state index is 0.0500. The summed E-state index contributed by atoms with van der Waals surface area (Å²) in [4.78, 5) is 12.8. The molecule has 2 saturated heterocycles. The third kappa shape index (κ3) is 5.12. The molecule has 5 rings (SSSR count). The highest BCUT2D eigenvalue weighted by Crippen LogP contribution is 2.40. The summed E-state index contributed by atoms with van der Waals surface area (Å²) in [5, 5.41) is 0.537. The second-order valence-electron chi connectivity index (χ2n) is 9.11. The lowest BCUT2D eigenvalue weighted by atomic mass is 10.0. The number of halogens is 1. The van der Waals surface area contributed by atoms with Crippen molar-refractivity contribution in [2.75, 3.05) is 0 Å². The molecule has 2 aliphatic rings. The first-order valence-corrected chi connectivity index (χ1v) is 13.6. The molecule has 0 amide bonds. The van der Waals surface area contributed by atoms with E-state index in [9.17, 15) is 8.42 Å². The van der Waals surface area contributed by atoms with E-state index < -0.39 is 10.0 Å². The minimum atomic E-state index is -3.47. The molecule has 10 heteroatoms. The molecule has 1 aromatic carbocycles. The predicted molar refractivity (Wildman–Crippen MR) is 132 cm³/mol. The summed E-state index contributed by atoms with van der Waals surface area (Å²) >= 11 is 6.05. The number of ether oxygens (including phenoxy) is 2. The van der Waals surface area contributed by atoms with E-state index in [2.05, 4.69) is 15.0 Å². The van der Waals surface area contributed by atoms with E-state index in [-0.39, 0.29) is 23.9 Å². The molecule has 0 saturated carbocycles. The van der Waals surface area contributed by atoms with E-state index in [4.69, 9.17) is 21.1 Å². The van der Waals surface area contributed by atoms with Crippen LogP contribution < -0.4 is 9.47 Å². The smallest absolute Gasteiger partial charge is 0.229 e. The Morgan fingerprint density at radius 1 is 1.03 bits per heavy atom. The molecule has 0 aliphatic carbocycles. The molecule has 2 atom stereocenters. The van der Waals surface area contributed by atoms with Crippen molar-refractivity contribution in [1.82, 2.24) is 19.3 Å². The maximum atomic E-state index is 13.3. The second kappa shape index (κ2) is 9.72. The molecule has 3 aromatic rings. The van der Waals surface area contributed by atoms with Crippen molar-refractivity contribution in [3.63, 3.8) is 0 Å². The van der Waals surface area contributed by atoms with Crippen LogP contribution in [-0.2, 0) is 15.8 Å². The summed E-state index contributed by atoms with van der Waals surface area (Å²) in [6, 6.07) is 10.5. The number of fused-ring (bicyclic) bond motifs is 2. The predicted octanol–water partition coefficient (Wildman–Crippen LogP) is 4.84. The van der Waals surface area contributed by atoms with E-state index in [1.807, 2.05) is 19.9 Å². The molecule has 8 nitrogen and oxygen atoms in total. The molecule has 4 heterocycles. The first kappa shape index (κ1) is 24.0. The maximum Gasteiger partial charge on any atom is 0.229 e. The number of sulfonamides is 1.